The second-order valence-electron chi connectivity index (χ2n) is 10.1. The van der Waals surface area contributed by atoms with Gasteiger partial charge in [0.25, 0.3) is 0 Å². The molecule has 0 aromatic rings. The number of ether oxygens (including phenoxy) is 1. The lowest BCUT2D eigenvalue weighted by Crippen LogP contribution is -2.54. The van der Waals surface area contributed by atoms with Crippen LogP contribution >= 0.6 is 0 Å². The smallest absolute Gasteiger partial charge is 0.410 e. The van der Waals surface area contributed by atoms with E-state index in [0.29, 0.717) is 6.54 Å². The highest BCUT2D eigenvalue weighted by molar-refractivity contribution is 6.74. The Morgan fingerprint density at radius 3 is 2.08 bits per heavy atom. The van der Waals surface area contributed by atoms with Crippen LogP contribution in [0.15, 0.2) is 0 Å². The van der Waals surface area contributed by atoms with Crippen LogP contribution in [0.2, 0.25) is 18.1 Å². The number of amides is 1. The van der Waals surface area contributed by atoms with Crippen molar-refractivity contribution in [3.05, 3.63) is 0 Å². The quantitative estimate of drug-likeness (QED) is 0.742. The van der Waals surface area contributed by atoms with Gasteiger partial charge in [-0.05, 0) is 51.2 Å². The van der Waals surface area contributed by atoms with Crippen molar-refractivity contribution >= 4 is 14.4 Å². The standard InChI is InChI=1S/C19H39NO4Si/c1-13(2)16(21)15-14(24-25(9,10)19(6,7)8)11-12-20(15)17(22)23-18(3,4)5/h13-16,21H,11-12H2,1-10H3/t14-,15-,16-/m0/s1. The summed E-state index contributed by atoms with van der Waals surface area (Å²) in [5, 5.41) is 10.9. The summed E-state index contributed by atoms with van der Waals surface area (Å²) in [6, 6.07) is -0.357. The summed E-state index contributed by atoms with van der Waals surface area (Å²) in [5.41, 5.74) is -0.553. The predicted molar refractivity (Wildman–Crippen MR) is 104 cm³/mol. The van der Waals surface area contributed by atoms with Gasteiger partial charge in [0.05, 0.1) is 18.2 Å². The zero-order valence-corrected chi connectivity index (χ0v) is 18.8. The molecule has 148 valence electrons. The van der Waals surface area contributed by atoms with Gasteiger partial charge in [-0.3, -0.25) is 4.90 Å². The van der Waals surface area contributed by atoms with Crippen LogP contribution in [0.1, 0.15) is 61.8 Å². The van der Waals surface area contributed by atoms with E-state index in [1.807, 2.05) is 34.6 Å². The Bertz CT molecular complexity index is 465. The Morgan fingerprint density at radius 2 is 1.68 bits per heavy atom. The number of hydrogen-bond acceptors (Lipinski definition) is 4. The van der Waals surface area contributed by atoms with Gasteiger partial charge in [0.15, 0.2) is 8.32 Å². The van der Waals surface area contributed by atoms with E-state index in [2.05, 4.69) is 33.9 Å². The summed E-state index contributed by atoms with van der Waals surface area (Å²) >= 11 is 0. The van der Waals surface area contributed by atoms with Gasteiger partial charge in [-0.1, -0.05) is 34.6 Å². The molecule has 1 rings (SSSR count). The van der Waals surface area contributed by atoms with Crippen molar-refractivity contribution in [2.24, 2.45) is 5.92 Å². The van der Waals surface area contributed by atoms with Gasteiger partial charge in [0, 0.05) is 6.54 Å². The summed E-state index contributed by atoms with van der Waals surface area (Å²) in [6.07, 6.45) is -0.408. The fraction of sp³-hybridized carbons (Fsp3) is 0.947. The molecular weight excluding hydrogens is 334 g/mol. The molecule has 0 aromatic carbocycles. The zero-order chi connectivity index (χ0) is 19.8. The first-order valence-corrected chi connectivity index (χ1v) is 12.3. The number of hydrogen-bond donors (Lipinski definition) is 1. The van der Waals surface area contributed by atoms with Crippen molar-refractivity contribution in [2.75, 3.05) is 6.54 Å². The van der Waals surface area contributed by atoms with Crippen LogP contribution in [0.5, 0.6) is 0 Å². The number of carbonyl (C=O) groups excluding carboxylic acids is 1. The highest BCUT2D eigenvalue weighted by atomic mass is 28.4. The van der Waals surface area contributed by atoms with Gasteiger partial charge < -0.3 is 14.3 Å². The molecule has 1 aliphatic heterocycles. The SMILES string of the molecule is CC(C)[C@H](O)[C@@H]1[C@@H](O[Si](C)(C)C(C)(C)C)CCN1C(=O)OC(C)(C)C. The van der Waals surface area contributed by atoms with E-state index in [1.165, 1.54) is 0 Å². The molecule has 0 spiro atoms. The van der Waals surface area contributed by atoms with E-state index >= 15 is 0 Å². The molecule has 1 fully saturated rings. The van der Waals surface area contributed by atoms with E-state index in [9.17, 15) is 9.90 Å². The van der Waals surface area contributed by atoms with Crippen molar-refractivity contribution in [1.29, 1.82) is 0 Å². The molecule has 1 amide bonds. The van der Waals surface area contributed by atoms with Crippen LogP contribution in [0.25, 0.3) is 0 Å². The molecule has 5 nitrogen and oxygen atoms in total. The third-order valence-electron chi connectivity index (χ3n) is 5.31. The molecule has 1 N–H and O–H groups in total. The number of aliphatic hydroxyl groups excluding tert-OH is 1. The average Bonchev–Trinajstić information content (AvgIpc) is 2.77. The summed E-state index contributed by atoms with van der Waals surface area (Å²) in [6.45, 7) is 21.1. The van der Waals surface area contributed by atoms with Crippen molar-refractivity contribution in [3.8, 4) is 0 Å². The first-order chi connectivity index (χ1) is 11.1. The van der Waals surface area contributed by atoms with Gasteiger partial charge in [-0.15, -0.1) is 0 Å². The van der Waals surface area contributed by atoms with E-state index in [1.54, 1.807) is 4.90 Å². The minimum atomic E-state index is -1.99. The predicted octanol–water partition coefficient (Wildman–Crippen LogP) is 4.40. The van der Waals surface area contributed by atoms with E-state index < -0.39 is 20.0 Å². The minimum Gasteiger partial charge on any atom is -0.444 e. The molecule has 1 aliphatic rings. The van der Waals surface area contributed by atoms with Crippen LogP contribution in [0.3, 0.4) is 0 Å². The van der Waals surface area contributed by atoms with Gasteiger partial charge in [0.2, 0.25) is 0 Å². The molecular formula is C19H39NO4Si. The van der Waals surface area contributed by atoms with Crippen molar-refractivity contribution in [3.63, 3.8) is 0 Å². The molecule has 1 saturated heterocycles. The highest BCUT2D eigenvalue weighted by Gasteiger charge is 2.48. The topological polar surface area (TPSA) is 59.0 Å². The number of aliphatic hydroxyl groups is 1. The molecule has 0 bridgehead atoms. The van der Waals surface area contributed by atoms with Crippen molar-refractivity contribution in [1.82, 2.24) is 4.90 Å². The molecule has 3 atom stereocenters. The summed E-state index contributed by atoms with van der Waals surface area (Å²) in [7, 11) is -1.99. The van der Waals surface area contributed by atoms with E-state index in [0.717, 1.165) is 6.42 Å². The molecule has 25 heavy (non-hydrogen) atoms. The molecule has 0 aliphatic carbocycles. The maximum absolute atomic E-state index is 12.7. The largest absolute Gasteiger partial charge is 0.444 e. The summed E-state index contributed by atoms with van der Waals surface area (Å²) in [5.74, 6) is 0.0403. The second-order valence-corrected chi connectivity index (χ2v) is 14.9. The fourth-order valence-electron chi connectivity index (χ4n) is 2.80. The molecule has 0 radical (unpaired) electrons. The second kappa shape index (κ2) is 7.57. The first-order valence-electron chi connectivity index (χ1n) is 9.42. The number of nitrogens with zero attached hydrogens (tertiary/aromatic N) is 1. The van der Waals surface area contributed by atoms with Gasteiger partial charge in [-0.2, -0.15) is 0 Å². The van der Waals surface area contributed by atoms with E-state index in [4.69, 9.17) is 9.16 Å². The normalized spacial score (nSPS) is 23.9. The lowest BCUT2D eigenvalue weighted by atomic mass is 9.96. The van der Waals surface area contributed by atoms with Gasteiger partial charge in [-0.25, -0.2) is 4.79 Å². The number of likely N-dealkylation sites (tertiary alicyclic amines) is 1. The highest BCUT2D eigenvalue weighted by Crippen LogP contribution is 2.40. The maximum atomic E-state index is 12.7. The van der Waals surface area contributed by atoms with E-state index in [-0.39, 0.29) is 29.2 Å². The maximum Gasteiger partial charge on any atom is 0.410 e. The average molecular weight is 374 g/mol. The third kappa shape index (κ3) is 5.69. The summed E-state index contributed by atoms with van der Waals surface area (Å²) in [4.78, 5) is 14.3. The van der Waals surface area contributed by atoms with Crippen LogP contribution in [-0.4, -0.2) is 54.8 Å². The Labute approximate surface area is 155 Å². The van der Waals surface area contributed by atoms with Crippen LogP contribution < -0.4 is 0 Å². The summed E-state index contributed by atoms with van der Waals surface area (Å²) < 4.78 is 12.1. The minimum absolute atomic E-state index is 0.0403. The first kappa shape index (κ1) is 22.4. The molecule has 0 aromatic heterocycles. The lowest BCUT2D eigenvalue weighted by Gasteiger charge is -2.42. The monoisotopic (exact) mass is 373 g/mol. The Morgan fingerprint density at radius 1 is 1.16 bits per heavy atom. The van der Waals surface area contributed by atoms with Crippen molar-refractivity contribution < 1.29 is 19.1 Å². The number of rotatable bonds is 4. The van der Waals surface area contributed by atoms with Crippen LogP contribution in [-0.2, 0) is 9.16 Å². The molecule has 6 heteroatoms. The Kier molecular flexibility index (Phi) is 6.80. The van der Waals surface area contributed by atoms with Crippen LogP contribution in [0.4, 0.5) is 4.79 Å². The molecule has 0 saturated carbocycles. The van der Waals surface area contributed by atoms with Crippen LogP contribution in [0, 0.1) is 5.92 Å². The fourth-order valence-corrected chi connectivity index (χ4v) is 4.17. The Hall–Kier alpha value is -0.593. The van der Waals surface area contributed by atoms with Crippen molar-refractivity contribution in [2.45, 2.75) is 104 Å². The lowest BCUT2D eigenvalue weighted by molar-refractivity contribution is -0.0247. The zero-order valence-electron chi connectivity index (χ0n) is 17.8. The third-order valence-corrected chi connectivity index (χ3v) is 9.81. The Balaban J connectivity index is 3.05. The van der Waals surface area contributed by atoms with Gasteiger partial charge in [0.1, 0.15) is 5.60 Å². The number of carbonyl (C=O) groups is 1. The molecule has 0 unspecified atom stereocenters. The van der Waals surface area contributed by atoms with Gasteiger partial charge >= 0.3 is 6.09 Å². The molecule has 1 heterocycles.